The number of carbonyl (C=O) groups is 1. The van der Waals surface area contributed by atoms with Crippen LogP contribution in [0, 0.1) is 6.92 Å². The molecule has 1 fully saturated rings. The average molecular weight is 350 g/mol. The molecule has 0 radical (unpaired) electrons. The Hall–Kier alpha value is -2.89. The molecule has 0 aliphatic heterocycles. The van der Waals surface area contributed by atoms with E-state index in [1.165, 1.54) is 0 Å². The van der Waals surface area contributed by atoms with Crippen LogP contribution in [0.4, 0.5) is 0 Å². The van der Waals surface area contributed by atoms with Crippen molar-refractivity contribution in [1.29, 1.82) is 0 Å². The molecule has 1 amide bonds. The van der Waals surface area contributed by atoms with Crippen LogP contribution in [0.2, 0.25) is 0 Å². The minimum atomic E-state index is -0.199. The van der Waals surface area contributed by atoms with Gasteiger partial charge in [-0.1, -0.05) is 12.1 Å². The van der Waals surface area contributed by atoms with E-state index in [-0.39, 0.29) is 18.0 Å². The van der Waals surface area contributed by atoms with Crippen LogP contribution in [0.5, 0.6) is 0 Å². The number of H-pyrrole nitrogens is 1. The fraction of sp³-hybridized carbons (Fsp3) is 0.350. The molecule has 0 spiro atoms. The molecule has 3 aromatic rings. The number of amides is 1. The van der Waals surface area contributed by atoms with Gasteiger partial charge in [-0.05, 0) is 55.8 Å². The molecule has 0 unspecified atom stereocenters. The molecule has 0 atom stereocenters. The van der Waals surface area contributed by atoms with Crippen LogP contribution in [0.15, 0.2) is 35.1 Å². The number of benzene rings is 1. The highest BCUT2D eigenvalue weighted by molar-refractivity contribution is 5.92. The molecule has 1 aromatic carbocycles. The highest BCUT2D eigenvalue weighted by Crippen LogP contribution is 2.39. The molecule has 0 saturated heterocycles. The summed E-state index contributed by atoms with van der Waals surface area (Å²) in [5.74, 6) is 0.302. The molecule has 2 aromatic heterocycles. The maximum Gasteiger partial charge on any atom is 0.269 e. The number of hydrogen-bond donors (Lipinski definition) is 2. The minimum Gasteiger partial charge on any atom is -0.346 e. The molecule has 2 heterocycles. The number of aromatic amines is 1. The summed E-state index contributed by atoms with van der Waals surface area (Å²) in [4.78, 5) is 27.8. The van der Waals surface area contributed by atoms with Crippen LogP contribution in [0.1, 0.15) is 53.0 Å². The monoisotopic (exact) mass is 350 g/mol. The quantitative estimate of drug-likeness (QED) is 0.742. The summed E-state index contributed by atoms with van der Waals surface area (Å²) in [7, 11) is 0. The maximum atomic E-state index is 12.6. The predicted molar refractivity (Wildman–Crippen MR) is 100 cm³/mol. The fourth-order valence-electron chi connectivity index (χ4n) is 3.20. The zero-order chi connectivity index (χ0) is 18.3. The summed E-state index contributed by atoms with van der Waals surface area (Å²) >= 11 is 0. The Morgan fingerprint density at radius 3 is 2.85 bits per heavy atom. The van der Waals surface area contributed by atoms with Gasteiger partial charge in [-0.3, -0.25) is 14.3 Å². The van der Waals surface area contributed by atoms with Gasteiger partial charge in [0, 0.05) is 30.1 Å². The summed E-state index contributed by atoms with van der Waals surface area (Å²) in [6.07, 6.45) is 2.29. The van der Waals surface area contributed by atoms with Gasteiger partial charge in [0.2, 0.25) is 0 Å². The second kappa shape index (κ2) is 6.44. The molecule has 4 rings (SSSR count). The number of carbonyl (C=O) groups excluding carboxylic acids is 1. The van der Waals surface area contributed by atoms with Crippen LogP contribution in [-0.2, 0) is 13.1 Å². The maximum absolute atomic E-state index is 12.6. The Balaban J connectivity index is 1.54. The lowest BCUT2D eigenvalue weighted by atomic mass is 10.1. The third-order valence-electron chi connectivity index (χ3n) is 4.84. The Labute approximate surface area is 151 Å². The van der Waals surface area contributed by atoms with Crippen molar-refractivity contribution in [2.24, 2.45) is 0 Å². The second-order valence-corrected chi connectivity index (χ2v) is 6.94. The van der Waals surface area contributed by atoms with Gasteiger partial charge < -0.3 is 10.3 Å². The summed E-state index contributed by atoms with van der Waals surface area (Å²) in [5.41, 5.74) is 3.82. The lowest BCUT2D eigenvalue weighted by Gasteiger charge is -2.07. The molecular formula is C20H22N4O2. The minimum absolute atomic E-state index is 0.175. The lowest BCUT2D eigenvalue weighted by Crippen LogP contribution is -2.28. The van der Waals surface area contributed by atoms with Gasteiger partial charge in [0.05, 0.1) is 5.69 Å². The van der Waals surface area contributed by atoms with Crippen LogP contribution in [-0.4, -0.2) is 20.7 Å². The highest BCUT2D eigenvalue weighted by atomic mass is 16.2. The van der Waals surface area contributed by atoms with Crippen molar-refractivity contribution >= 4 is 16.8 Å². The van der Waals surface area contributed by atoms with E-state index in [4.69, 9.17) is 0 Å². The van der Waals surface area contributed by atoms with Gasteiger partial charge in [0.25, 0.3) is 11.5 Å². The van der Waals surface area contributed by atoms with Crippen molar-refractivity contribution in [3.63, 3.8) is 0 Å². The number of nitrogens with zero attached hydrogens (tertiary/aromatic N) is 2. The van der Waals surface area contributed by atoms with Crippen molar-refractivity contribution in [3.05, 3.63) is 63.2 Å². The Kier molecular flexibility index (Phi) is 4.11. The largest absolute Gasteiger partial charge is 0.346 e. The van der Waals surface area contributed by atoms with Crippen LogP contribution in [0.3, 0.4) is 0 Å². The SMILES string of the molecule is CCn1nc(C2CC2)cc1C(=O)NCc1cc2ccc(C)cc2[nH]c1=O. The summed E-state index contributed by atoms with van der Waals surface area (Å²) in [6.45, 7) is 4.78. The van der Waals surface area contributed by atoms with Crippen molar-refractivity contribution in [2.75, 3.05) is 0 Å². The molecule has 6 heteroatoms. The number of pyridine rings is 1. The van der Waals surface area contributed by atoms with Gasteiger partial charge in [0.1, 0.15) is 5.69 Å². The van der Waals surface area contributed by atoms with E-state index >= 15 is 0 Å². The van der Waals surface area contributed by atoms with E-state index < -0.39 is 0 Å². The first-order valence-corrected chi connectivity index (χ1v) is 9.03. The van der Waals surface area contributed by atoms with Crippen molar-refractivity contribution in [1.82, 2.24) is 20.1 Å². The Bertz CT molecular complexity index is 1040. The van der Waals surface area contributed by atoms with Gasteiger partial charge in [0.15, 0.2) is 0 Å². The summed E-state index contributed by atoms with van der Waals surface area (Å²) < 4.78 is 1.73. The van der Waals surface area contributed by atoms with E-state index in [2.05, 4.69) is 15.4 Å². The smallest absolute Gasteiger partial charge is 0.269 e. The molecule has 1 saturated carbocycles. The predicted octanol–water partition coefficient (Wildman–Crippen LogP) is 2.86. The van der Waals surface area contributed by atoms with Crippen LogP contribution < -0.4 is 10.9 Å². The summed E-state index contributed by atoms with van der Waals surface area (Å²) in [6, 6.07) is 9.63. The molecule has 26 heavy (non-hydrogen) atoms. The molecule has 0 bridgehead atoms. The molecule has 2 N–H and O–H groups in total. The number of rotatable bonds is 5. The molecular weight excluding hydrogens is 328 g/mol. The third kappa shape index (κ3) is 3.14. The summed E-state index contributed by atoms with van der Waals surface area (Å²) in [5, 5.41) is 8.33. The Morgan fingerprint density at radius 2 is 2.12 bits per heavy atom. The first kappa shape index (κ1) is 16.6. The first-order valence-electron chi connectivity index (χ1n) is 9.03. The van der Waals surface area contributed by atoms with Gasteiger partial charge in [-0.15, -0.1) is 0 Å². The second-order valence-electron chi connectivity index (χ2n) is 6.94. The van der Waals surface area contributed by atoms with E-state index in [9.17, 15) is 9.59 Å². The van der Waals surface area contributed by atoms with Crippen molar-refractivity contribution < 1.29 is 4.79 Å². The number of nitrogens with one attached hydrogen (secondary N) is 2. The van der Waals surface area contributed by atoms with E-state index in [0.29, 0.717) is 23.7 Å². The number of aromatic nitrogens is 3. The topological polar surface area (TPSA) is 79.8 Å². The molecule has 6 nitrogen and oxygen atoms in total. The molecule has 134 valence electrons. The Morgan fingerprint density at radius 1 is 1.31 bits per heavy atom. The van der Waals surface area contributed by atoms with Crippen LogP contribution in [0.25, 0.3) is 10.9 Å². The normalized spacial score (nSPS) is 13.9. The lowest BCUT2D eigenvalue weighted by molar-refractivity contribution is 0.0940. The molecule has 1 aliphatic carbocycles. The molecule has 1 aliphatic rings. The average Bonchev–Trinajstić information content (AvgIpc) is 3.38. The van der Waals surface area contributed by atoms with E-state index in [0.717, 1.165) is 35.0 Å². The van der Waals surface area contributed by atoms with Gasteiger partial charge in [-0.2, -0.15) is 5.10 Å². The zero-order valence-corrected chi connectivity index (χ0v) is 15.0. The van der Waals surface area contributed by atoms with Gasteiger partial charge >= 0.3 is 0 Å². The highest BCUT2D eigenvalue weighted by Gasteiger charge is 2.28. The zero-order valence-electron chi connectivity index (χ0n) is 15.0. The number of fused-ring (bicyclic) bond motifs is 1. The van der Waals surface area contributed by atoms with Crippen molar-refractivity contribution in [3.8, 4) is 0 Å². The van der Waals surface area contributed by atoms with Crippen LogP contribution >= 0.6 is 0 Å². The fourth-order valence-corrected chi connectivity index (χ4v) is 3.20. The van der Waals surface area contributed by atoms with Crippen molar-refractivity contribution in [2.45, 2.75) is 45.7 Å². The van der Waals surface area contributed by atoms with Gasteiger partial charge in [-0.25, -0.2) is 0 Å². The van der Waals surface area contributed by atoms with E-state index in [1.54, 1.807) is 4.68 Å². The first-order chi connectivity index (χ1) is 12.5. The third-order valence-corrected chi connectivity index (χ3v) is 4.84. The standard InChI is InChI=1S/C20H22N4O2/c1-3-24-18(10-17(23-24)13-6-7-13)20(26)21-11-15-9-14-5-4-12(2)8-16(14)22-19(15)25/h4-5,8-10,13H,3,6-7,11H2,1-2H3,(H,21,26)(H,22,25). The van der Waals surface area contributed by atoms with E-state index in [1.807, 2.05) is 44.2 Å². The number of aryl methyl sites for hydroxylation is 2. The number of hydrogen-bond acceptors (Lipinski definition) is 3.